The van der Waals surface area contributed by atoms with Crippen LogP contribution in [0.5, 0.6) is 6.01 Å². The van der Waals surface area contributed by atoms with Crippen molar-refractivity contribution in [3.8, 4) is 6.01 Å². The molecule has 0 amide bonds. The molecule has 0 spiro atoms. The lowest BCUT2D eigenvalue weighted by Crippen LogP contribution is -2.30. The Morgan fingerprint density at radius 2 is 1.97 bits per heavy atom. The number of nitrogen functional groups attached to an aromatic ring is 1. The summed E-state index contributed by atoms with van der Waals surface area (Å²) in [4.78, 5) is 15.8. The monoisotopic (exact) mass is 395 g/mol. The molecule has 8 heteroatoms. The number of nitrogens with zero attached hydrogens (tertiary/aromatic N) is 6. The minimum atomic E-state index is 0.289. The zero-order chi connectivity index (χ0) is 20.2. The van der Waals surface area contributed by atoms with E-state index in [9.17, 15) is 0 Å². The molecule has 2 N–H and O–H groups in total. The number of hydrogen-bond acceptors (Lipinski definition) is 7. The van der Waals surface area contributed by atoms with Crippen molar-refractivity contribution in [2.45, 2.75) is 52.4 Å². The van der Waals surface area contributed by atoms with Crippen LogP contribution in [0.15, 0.2) is 18.5 Å². The summed E-state index contributed by atoms with van der Waals surface area (Å²) in [5.41, 5.74) is 9.87. The zero-order valence-corrected chi connectivity index (χ0v) is 17.3. The molecule has 0 aromatic carbocycles. The maximum absolute atomic E-state index is 6.06. The van der Waals surface area contributed by atoms with E-state index in [0.717, 1.165) is 43.0 Å². The fourth-order valence-corrected chi connectivity index (χ4v) is 3.79. The second-order valence-corrected chi connectivity index (χ2v) is 7.68. The number of fused-ring (bicyclic) bond motifs is 1. The minimum Gasteiger partial charge on any atom is -0.462 e. The SMILES string of the molecule is CCCCOc1nc(N)c2ncc(Cc3cnc(N4CCCCC4)c(C)c3)n2n1. The van der Waals surface area contributed by atoms with Crippen LogP contribution in [-0.4, -0.2) is 44.3 Å². The van der Waals surface area contributed by atoms with Gasteiger partial charge in [0, 0.05) is 25.7 Å². The first-order valence-electron chi connectivity index (χ1n) is 10.5. The Labute approximate surface area is 171 Å². The van der Waals surface area contributed by atoms with Crippen LogP contribution in [0, 0.1) is 6.92 Å². The molecule has 0 unspecified atom stereocenters. The largest absolute Gasteiger partial charge is 0.462 e. The lowest BCUT2D eigenvalue weighted by atomic mass is 10.1. The van der Waals surface area contributed by atoms with E-state index in [1.807, 2.05) is 6.20 Å². The van der Waals surface area contributed by atoms with Gasteiger partial charge in [0.25, 0.3) is 0 Å². The number of anilines is 2. The second-order valence-electron chi connectivity index (χ2n) is 7.68. The van der Waals surface area contributed by atoms with Gasteiger partial charge in [-0.05, 0) is 43.7 Å². The van der Waals surface area contributed by atoms with E-state index < -0.39 is 0 Å². The highest BCUT2D eigenvalue weighted by Gasteiger charge is 2.16. The Morgan fingerprint density at radius 3 is 2.72 bits per heavy atom. The van der Waals surface area contributed by atoms with Gasteiger partial charge >= 0.3 is 6.01 Å². The number of pyridine rings is 1. The van der Waals surface area contributed by atoms with Crippen molar-refractivity contribution >= 4 is 17.3 Å². The summed E-state index contributed by atoms with van der Waals surface area (Å²) in [6.07, 6.45) is 10.2. The highest BCUT2D eigenvalue weighted by Crippen LogP contribution is 2.23. The van der Waals surface area contributed by atoms with Crippen molar-refractivity contribution in [2.75, 3.05) is 30.3 Å². The van der Waals surface area contributed by atoms with Gasteiger partial charge in [0.1, 0.15) is 5.82 Å². The zero-order valence-electron chi connectivity index (χ0n) is 17.3. The van der Waals surface area contributed by atoms with E-state index in [1.165, 1.54) is 24.8 Å². The molecular formula is C21H29N7O. The quantitative estimate of drug-likeness (QED) is 0.614. The second kappa shape index (κ2) is 8.63. The van der Waals surface area contributed by atoms with Gasteiger partial charge in [-0.15, -0.1) is 5.10 Å². The third-order valence-electron chi connectivity index (χ3n) is 5.32. The van der Waals surface area contributed by atoms with Crippen LogP contribution in [0.2, 0.25) is 0 Å². The first kappa shape index (κ1) is 19.4. The van der Waals surface area contributed by atoms with E-state index in [2.05, 4.69) is 39.9 Å². The van der Waals surface area contributed by atoms with Crippen LogP contribution in [0.4, 0.5) is 11.6 Å². The number of imidazole rings is 1. The number of nitrogens with two attached hydrogens (primary N) is 1. The normalized spacial score (nSPS) is 14.5. The molecule has 29 heavy (non-hydrogen) atoms. The molecule has 1 saturated heterocycles. The summed E-state index contributed by atoms with van der Waals surface area (Å²) >= 11 is 0. The molecule has 0 saturated carbocycles. The number of ether oxygens (including phenoxy) is 1. The fourth-order valence-electron chi connectivity index (χ4n) is 3.79. The molecule has 0 atom stereocenters. The number of unbranched alkanes of at least 4 members (excludes halogenated alkanes) is 1. The number of aromatic nitrogens is 5. The van der Waals surface area contributed by atoms with Gasteiger partial charge in [-0.1, -0.05) is 19.4 Å². The van der Waals surface area contributed by atoms with Crippen molar-refractivity contribution in [3.05, 3.63) is 35.3 Å². The molecule has 154 valence electrons. The van der Waals surface area contributed by atoms with Crippen LogP contribution in [0.1, 0.15) is 55.8 Å². The van der Waals surface area contributed by atoms with Gasteiger partial charge in [-0.25, -0.2) is 14.5 Å². The van der Waals surface area contributed by atoms with Crippen molar-refractivity contribution in [2.24, 2.45) is 0 Å². The fraction of sp³-hybridized carbons (Fsp3) is 0.524. The van der Waals surface area contributed by atoms with Gasteiger partial charge in [0.2, 0.25) is 0 Å². The van der Waals surface area contributed by atoms with Crippen LogP contribution in [-0.2, 0) is 6.42 Å². The average molecular weight is 396 g/mol. The maximum atomic E-state index is 6.06. The van der Waals surface area contributed by atoms with Crippen molar-refractivity contribution in [1.82, 2.24) is 24.6 Å². The highest BCUT2D eigenvalue weighted by molar-refractivity contribution is 5.60. The van der Waals surface area contributed by atoms with E-state index in [1.54, 1.807) is 10.7 Å². The molecule has 4 heterocycles. The Hall–Kier alpha value is -2.90. The van der Waals surface area contributed by atoms with E-state index >= 15 is 0 Å². The summed E-state index contributed by atoms with van der Waals surface area (Å²) in [6, 6.07) is 2.50. The first-order chi connectivity index (χ1) is 14.2. The number of hydrogen-bond donors (Lipinski definition) is 1. The average Bonchev–Trinajstić information content (AvgIpc) is 3.12. The number of aryl methyl sites for hydroxylation is 1. The number of piperidine rings is 1. The molecule has 4 rings (SSSR count). The lowest BCUT2D eigenvalue weighted by Gasteiger charge is -2.29. The molecule has 1 aliphatic heterocycles. The smallest absolute Gasteiger partial charge is 0.336 e. The minimum absolute atomic E-state index is 0.289. The molecule has 3 aromatic heterocycles. The van der Waals surface area contributed by atoms with Gasteiger partial charge in [-0.2, -0.15) is 4.98 Å². The first-order valence-corrected chi connectivity index (χ1v) is 10.5. The third-order valence-corrected chi connectivity index (χ3v) is 5.32. The number of rotatable bonds is 7. The van der Waals surface area contributed by atoms with Crippen molar-refractivity contribution < 1.29 is 4.74 Å². The summed E-state index contributed by atoms with van der Waals surface area (Å²) in [6.45, 7) is 7.01. The highest BCUT2D eigenvalue weighted by atomic mass is 16.5. The Morgan fingerprint density at radius 1 is 1.14 bits per heavy atom. The molecule has 0 aliphatic carbocycles. The topological polar surface area (TPSA) is 94.5 Å². The van der Waals surface area contributed by atoms with Crippen LogP contribution >= 0.6 is 0 Å². The molecule has 1 aliphatic rings. The van der Waals surface area contributed by atoms with E-state index in [-0.39, 0.29) is 6.01 Å². The molecular weight excluding hydrogens is 366 g/mol. The predicted octanol–water partition coefficient (Wildman–Crippen LogP) is 3.17. The Kier molecular flexibility index (Phi) is 5.78. The van der Waals surface area contributed by atoms with Crippen molar-refractivity contribution in [3.63, 3.8) is 0 Å². The molecule has 0 bridgehead atoms. The van der Waals surface area contributed by atoms with Crippen LogP contribution in [0.25, 0.3) is 5.65 Å². The standard InChI is InChI=1S/C21H29N7O/c1-3-4-10-29-21-25-18(22)20-24-14-17(28(20)26-21)12-16-11-15(2)19(23-13-16)27-8-6-5-7-9-27/h11,13-14H,3-10,12H2,1-2H3,(H2,22,25,26). The van der Waals surface area contributed by atoms with E-state index in [0.29, 0.717) is 24.5 Å². The maximum Gasteiger partial charge on any atom is 0.336 e. The van der Waals surface area contributed by atoms with Crippen LogP contribution < -0.4 is 15.4 Å². The molecule has 8 nitrogen and oxygen atoms in total. The molecule has 0 radical (unpaired) electrons. The Bertz CT molecular complexity index is 979. The predicted molar refractivity (Wildman–Crippen MR) is 113 cm³/mol. The Balaban J connectivity index is 1.56. The summed E-state index contributed by atoms with van der Waals surface area (Å²) in [5.74, 6) is 1.43. The molecule has 1 fully saturated rings. The van der Waals surface area contributed by atoms with E-state index in [4.69, 9.17) is 15.5 Å². The third kappa shape index (κ3) is 4.26. The molecule has 3 aromatic rings. The van der Waals surface area contributed by atoms with Gasteiger partial charge in [0.15, 0.2) is 11.5 Å². The summed E-state index contributed by atoms with van der Waals surface area (Å²) in [7, 11) is 0. The van der Waals surface area contributed by atoms with Crippen molar-refractivity contribution in [1.29, 1.82) is 0 Å². The van der Waals surface area contributed by atoms with Crippen LogP contribution in [0.3, 0.4) is 0 Å². The lowest BCUT2D eigenvalue weighted by molar-refractivity contribution is 0.280. The summed E-state index contributed by atoms with van der Waals surface area (Å²) in [5, 5.41) is 4.49. The summed E-state index contributed by atoms with van der Waals surface area (Å²) < 4.78 is 7.38. The van der Waals surface area contributed by atoms with Gasteiger partial charge < -0.3 is 15.4 Å². The van der Waals surface area contributed by atoms with Gasteiger partial charge in [0.05, 0.1) is 18.5 Å². The van der Waals surface area contributed by atoms with Gasteiger partial charge in [-0.3, -0.25) is 0 Å².